The quantitative estimate of drug-likeness (QED) is 0.345. The number of aliphatic hydroxyl groups is 2. The summed E-state index contributed by atoms with van der Waals surface area (Å²) in [5.74, 6) is 0.489. The molecule has 9 heteroatoms. The van der Waals surface area contributed by atoms with Gasteiger partial charge in [0.25, 0.3) is 0 Å². The topological polar surface area (TPSA) is 95.8 Å². The third-order valence-corrected chi connectivity index (χ3v) is 13.7. The van der Waals surface area contributed by atoms with Crippen LogP contribution in [0.3, 0.4) is 0 Å². The molecule has 2 saturated carbocycles. The summed E-state index contributed by atoms with van der Waals surface area (Å²) in [7, 11) is 1.01. The number of fused-ring (bicyclic) bond motifs is 2. The third-order valence-electron chi connectivity index (χ3n) is 9.27. The number of hydrogen-bond donors (Lipinski definition) is 2. The van der Waals surface area contributed by atoms with Crippen LogP contribution in [0.2, 0.25) is 18.1 Å². The van der Waals surface area contributed by atoms with Crippen LogP contribution in [0.4, 0.5) is 0 Å². The van der Waals surface area contributed by atoms with E-state index >= 15 is 0 Å². The Morgan fingerprint density at radius 2 is 1.71 bits per heavy atom. The van der Waals surface area contributed by atoms with Gasteiger partial charge in [0, 0.05) is 13.7 Å². The summed E-state index contributed by atoms with van der Waals surface area (Å²) >= 11 is 0. The average Bonchev–Trinajstić information content (AvgIpc) is 3.36. The van der Waals surface area contributed by atoms with Crippen molar-refractivity contribution in [1.29, 1.82) is 0 Å². The van der Waals surface area contributed by atoms with Crippen molar-refractivity contribution in [3.63, 3.8) is 0 Å². The molecule has 2 N–H and O–H groups in total. The molecular weight excluding hydrogens is 504 g/mol. The van der Waals surface area contributed by atoms with Gasteiger partial charge in [0.2, 0.25) is 0 Å². The molecule has 2 aliphatic carbocycles. The fraction of sp³-hybridized carbons (Fsp3) is 0.793. The number of rotatable bonds is 9. The Bertz CT molecular complexity index is 960. The van der Waals surface area contributed by atoms with E-state index in [9.17, 15) is 10.2 Å². The second kappa shape index (κ2) is 11.0. The summed E-state index contributed by atoms with van der Waals surface area (Å²) in [5, 5.41) is 22.1. The molecule has 0 aromatic heterocycles. The molecular formula is C29H48O8Si. The molecule has 1 aromatic carbocycles. The van der Waals surface area contributed by atoms with Gasteiger partial charge in [-0.3, -0.25) is 0 Å². The van der Waals surface area contributed by atoms with E-state index in [1.165, 1.54) is 0 Å². The Hall–Kier alpha value is -1.20. The highest BCUT2D eigenvalue weighted by Crippen LogP contribution is 2.56. The molecule has 0 spiro atoms. The van der Waals surface area contributed by atoms with Gasteiger partial charge in [-0.15, -0.1) is 0 Å². The van der Waals surface area contributed by atoms with E-state index in [-0.39, 0.29) is 54.3 Å². The maximum absolute atomic E-state index is 11.6. The first kappa shape index (κ1) is 29.8. The minimum atomic E-state index is -2.20. The zero-order valence-corrected chi connectivity index (χ0v) is 25.5. The molecule has 38 heavy (non-hydrogen) atoms. The number of aliphatic hydroxyl groups excluding tert-OH is 2. The zero-order valence-electron chi connectivity index (χ0n) is 24.5. The van der Waals surface area contributed by atoms with E-state index in [4.69, 9.17) is 28.1 Å². The second-order valence-electron chi connectivity index (χ2n) is 13.2. The van der Waals surface area contributed by atoms with Gasteiger partial charge in [-0.1, -0.05) is 26.8 Å². The molecule has 0 amide bonds. The van der Waals surface area contributed by atoms with E-state index < -0.39 is 26.3 Å². The van der Waals surface area contributed by atoms with Crippen molar-refractivity contribution in [2.24, 2.45) is 23.7 Å². The summed E-state index contributed by atoms with van der Waals surface area (Å²) in [4.78, 5) is 0. The van der Waals surface area contributed by atoms with Crippen molar-refractivity contribution in [3.8, 4) is 11.5 Å². The first-order chi connectivity index (χ1) is 17.7. The maximum Gasteiger partial charge on any atom is 0.192 e. The highest BCUT2D eigenvalue weighted by atomic mass is 28.4. The Morgan fingerprint density at radius 3 is 2.32 bits per heavy atom. The molecule has 8 nitrogen and oxygen atoms in total. The molecule has 4 rings (SSSR count). The van der Waals surface area contributed by atoms with Gasteiger partial charge in [-0.05, 0) is 86.2 Å². The monoisotopic (exact) mass is 552 g/mol. The Morgan fingerprint density at radius 1 is 1.03 bits per heavy atom. The van der Waals surface area contributed by atoms with E-state index in [1.54, 1.807) is 14.2 Å². The average molecular weight is 553 g/mol. The molecule has 0 bridgehead atoms. The van der Waals surface area contributed by atoms with Crippen molar-refractivity contribution in [3.05, 3.63) is 23.8 Å². The molecule has 3 aliphatic rings. The summed E-state index contributed by atoms with van der Waals surface area (Å²) in [6.07, 6.45) is -0.263. The number of hydrogen-bond acceptors (Lipinski definition) is 8. The fourth-order valence-electron chi connectivity index (χ4n) is 6.56. The predicted molar refractivity (Wildman–Crippen MR) is 147 cm³/mol. The Labute approximate surface area is 229 Å². The summed E-state index contributed by atoms with van der Waals surface area (Å²) in [6.45, 7) is 15.2. The van der Waals surface area contributed by atoms with Crippen LogP contribution in [-0.4, -0.2) is 76.4 Å². The zero-order chi connectivity index (χ0) is 28.0. The SMILES string of the molecule is COCOc1cc(C[C@@H]2C[C@@H](CO)[C@@H]3[C@H](O)[C@H]4OC(C)(C)O[C@H]4[C@H](O[Si](C)(C)C(C)(C)C)[C@H]23)ccc1OC. The van der Waals surface area contributed by atoms with Crippen LogP contribution >= 0.6 is 0 Å². The summed E-state index contributed by atoms with van der Waals surface area (Å²) in [6, 6.07) is 5.98. The minimum Gasteiger partial charge on any atom is -0.493 e. The molecule has 1 aliphatic heterocycles. The van der Waals surface area contributed by atoms with E-state index in [2.05, 4.69) is 39.9 Å². The van der Waals surface area contributed by atoms with E-state index in [0.29, 0.717) is 11.5 Å². The third kappa shape index (κ3) is 5.66. The Balaban J connectivity index is 1.71. The smallest absolute Gasteiger partial charge is 0.192 e. The molecule has 0 unspecified atom stereocenters. The molecule has 1 saturated heterocycles. The van der Waals surface area contributed by atoms with Gasteiger partial charge in [0.1, 0.15) is 12.2 Å². The van der Waals surface area contributed by atoms with E-state index in [0.717, 1.165) is 18.4 Å². The van der Waals surface area contributed by atoms with Crippen molar-refractivity contribution < 1.29 is 38.3 Å². The number of ether oxygens (including phenoxy) is 5. The van der Waals surface area contributed by atoms with Crippen molar-refractivity contribution in [2.75, 3.05) is 27.6 Å². The molecule has 0 radical (unpaired) electrons. The van der Waals surface area contributed by atoms with Crippen molar-refractivity contribution in [1.82, 2.24) is 0 Å². The lowest BCUT2D eigenvalue weighted by Gasteiger charge is -2.50. The molecule has 1 aromatic rings. The standard InChI is InChI=1S/C29H48O8Si/c1-28(2,3)38(8,9)37-25-23-18(12-17-10-11-20(33-7)21(13-17)34-16-32-6)14-19(15-30)22(23)24(31)26-27(25)36-29(4,5)35-26/h10-11,13,18-19,22-27,30-31H,12,14-16H2,1-9H3/t18-,19+,22+,23-,24+,25-,26-,27+/m1/s1. The van der Waals surface area contributed by atoms with Crippen LogP contribution in [0, 0.1) is 23.7 Å². The molecule has 3 fully saturated rings. The lowest BCUT2D eigenvalue weighted by Crippen LogP contribution is -2.62. The molecule has 1 heterocycles. The van der Waals surface area contributed by atoms with Crippen molar-refractivity contribution >= 4 is 8.32 Å². The van der Waals surface area contributed by atoms with Crippen LogP contribution in [0.1, 0.15) is 46.6 Å². The molecule has 216 valence electrons. The fourth-order valence-corrected chi connectivity index (χ4v) is 7.89. The van der Waals surface area contributed by atoms with Gasteiger partial charge in [0.15, 0.2) is 32.4 Å². The van der Waals surface area contributed by atoms with Crippen LogP contribution < -0.4 is 9.47 Å². The van der Waals surface area contributed by atoms with Crippen LogP contribution in [0.5, 0.6) is 11.5 Å². The van der Waals surface area contributed by atoms with Crippen LogP contribution in [0.15, 0.2) is 18.2 Å². The van der Waals surface area contributed by atoms with Gasteiger partial charge in [0.05, 0.1) is 19.3 Å². The second-order valence-corrected chi connectivity index (χ2v) is 18.0. The number of methoxy groups -OCH3 is 2. The number of benzene rings is 1. The van der Waals surface area contributed by atoms with Crippen LogP contribution in [0.25, 0.3) is 0 Å². The van der Waals surface area contributed by atoms with Gasteiger partial charge in [-0.2, -0.15) is 0 Å². The molecule has 8 atom stereocenters. The van der Waals surface area contributed by atoms with Crippen molar-refractivity contribution in [2.45, 2.75) is 95.8 Å². The largest absolute Gasteiger partial charge is 0.493 e. The Kier molecular flexibility index (Phi) is 8.61. The van der Waals surface area contributed by atoms with Crippen LogP contribution in [-0.2, 0) is 25.1 Å². The maximum atomic E-state index is 11.6. The van der Waals surface area contributed by atoms with Gasteiger partial charge < -0.3 is 38.3 Å². The summed E-state index contributed by atoms with van der Waals surface area (Å²) in [5.41, 5.74) is 1.10. The highest BCUT2D eigenvalue weighted by molar-refractivity contribution is 6.74. The van der Waals surface area contributed by atoms with E-state index in [1.807, 2.05) is 26.0 Å². The lowest BCUT2D eigenvalue weighted by atomic mass is 9.69. The summed E-state index contributed by atoms with van der Waals surface area (Å²) < 4.78 is 36.3. The minimum absolute atomic E-state index is 0.0110. The lowest BCUT2D eigenvalue weighted by molar-refractivity contribution is -0.158. The predicted octanol–water partition coefficient (Wildman–Crippen LogP) is 4.37. The first-order valence-electron chi connectivity index (χ1n) is 13.8. The highest BCUT2D eigenvalue weighted by Gasteiger charge is 2.64. The first-order valence-corrected chi connectivity index (χ1v) is 16.7. The normalized spacial score (nSPS) is 34.6. The van der Waals surface area contributed by atoms with Gasteiger partial charge in [-0.25, -0.2) is 0 Å². The van der Waals surface area contributed by atoms with Gasteiger partial charge >= 0.3 is 0 Å².